The van der Waals surface area contributed by atoms with Gasteiger partial charge in [-0.25, -0.2) is 0 Å². The molecule has 0 aromatic rings. The molecule has 0 radical (unpaired) electrons. The summed E-state index contributed by atoms with van der Waals surface area (Å²) in [5.74, 6) is -6.86. The van der Waals surface area contributed by atoms with Crippen LogP contribution in [0.25, 0.3) is 0 Å². The first-order valence-corrected chi connectivity index (χ1v) is 26.7. The van der Waals surface area contributed by atoms with Crippen LogP contribution < -0.4 is 11.5 Å². The molecule has 0 unspecified atom stereocenters. The van der Waals surface area contributed by atoms with Crippen LogP contribution in [0.4, 0.5) is 0 Å². The third-order valence-electron chi connectivity index (χ3n) is 14.2. The highest BCUT2D eigenvalue weighted by Crippen LogP contribution is 2.38. The molecule has 0 aliphatic carbocycles. The van der Waals surface area contributed by atoms with Crippen LogP contribution in [0.15, 0.2) is 85.1 Å². The lowest BCUT2D eigenvalue weighted by Gasteiger charge is -2.47. The fourth-order valence-electron chi connectivity index (χ4n) is 9.67. The summed E-state index contributed by atoms with van der Waals surface area (Å²) in [4.78, 5) is 27.4. The molecule has 0 saturated carbocycles. The number of fused-ring (bicyclic) bond motifs is 2. The number of aliphatic hydroxyl groups is 10. The Morgan fingerprint density at radius 2 is 1.21 bits per heavy atom. The third kappa shape index (κ3) is 23.2. The fourth-order valence-corrected chi connectivity index (χ4v) is 9.67. The molecule has 2 bridgehead atoms. The number of nitrogens with two attached hydrogens (primary N) is 2. The van der Waals surface area contributed by atoms with Gasteiger partial charge in [0.05, 0.1) is 79.6 Å². The quantitative estimate of drug-likeness (QED) is 0.0973. The molecule has 0 aromatic carbocycles. The minimum Gasteiger partial charge on any atom is -0.481 e. The van der Waals surface area contributed by atoms with Gasteiger partial charge in [-0.1, -0.05) is 98.9 Å². The van der Waals surface area contributed by atoms with Crippen molar-refractivity contribution in [3.63, 3.8) is 0 Å². The molecule has 20 nitrogen and oxygen atoms in total. The molecule has 0 aromatic heterocycles. The van der Waals surface area contributed by atoms with Crippen LogP contribution in [0.1, 0.15) is 105 Å². The second kappa shape index (κ2) is 34.4. The minimum absolute atomic E-state index is 0.111. The van der Waals surface area contributed by atoms with Gasteiger partial charge in [-0.05, 0) is 85.0 Å². The Labute approximate surface area is 443 Å². The predicted molar refractivity (Wildman–Crippen MR) is 281 cm³/mol. The van der Waals surface area contributed by atoms with Crippen molar-refractivity contribution in [3.8, 4) is 0 Å². The zero-order valence-corrected chi connectivity index (χ0v) is 44.3. The molecule has 3 aliphatic rings. The monoisotopic (exact) mass is 1070 g/mol. The van der Waals surface area contributed by atoms with Crippen LogP contribution in [0.3, 0.4) is 0 Å². The molecule has 3 aliphatic heterocycles. The van der Waals surface area contributed by atoms with Gasteiger partial charge in [0.1, 0.15) is 18.1 Å². The number of allylic oxidation sites excluding steroid dienone is 12. The standard InChI is InChI=1S/C55H91N3O17/c1-35-21-15-13-11-9-7-5-6-8-10-12-14-16-22-42(74-54-52(68)49(51(67)38(4)73-54)58(27-19-17-25-56)28-20-18-26-57)32-46-48(53(69)70)45(64)34-55(71,75-46)33-41(61)30-44(63)43(62)24-23-39(59)29-40(60)31-47(65)72-37(3)36(2)50(35)66/h5-16,21-22,35-46,48-52,54,59-64,66-68,71H,17-20,23-34,56-57H2,1-4H3,(H,69,70)/b6-5+,9-7+,10-8+,13-11+,14-12+,21-15+,22-16+/t35-,36-,37-,38+,39+,40+,41-,42-,43+,44+,45-,46-,48+,49-,50+,51+,52-,54-,55+/m0/s1. The first-order chi connectivity index (χ1) is 35.6. The molecular weight excluding hydrogens is 975 g/mol. The van der Waals surface area contributed by atoms with E-state index < -0.39 is 147 Å². The number of carboxylic acids is 1. The Bertz CT molecular complexity index is 1850. The van der Waals surface area contributed by atoms with E-state index in [-0.39, 0.29) is 31.6 Å². The Morgan fingerprint density at radius 1 is 0.653 bits per heavy atom. The van der Waals surface area contributed by atoms with Crippen LogP contribution in [0.5, 0.6) is 0 Å². The van der Waals surface area contributed by atoms with Gasteiger partial charge in [0.15, 0.2) is 12.1 Å². The molecule has 3 heterocycles. The lowest BCUT2D eigenvalue weighted by molar-refractivity contribution is -0.312. The van der Waals surface area contributed by atoms with Crippen molar-refractivity contribution in [2.24, 2.45) is 29.2 Å². The highest BCUT2D eigenvalue weighted by molar-refractivity contribution is 5.71. The maximum atomic E-state index is 12.8. The summed E-state index contributed by atoms with van der Waals surface area (Å²) in [7, 11) is 0. The molecule has 428 valence electrons. The van der Waals surface area contributed by atoms with E-state index in [0.717, 1.165) is 0 Å². The van der Waals surface area contributed by atoms with Crippen LogP contribution in [0, 0.1) is 17.8 Å². The number of hydrogen-bond donors (Lipinski definition) is 13. The molecule has 0 amide bonds. The van der Waals surface area contributed by atoms with E-state index in [1.807, 2.05) is 42.2 Å². The molecule has 3 rings (SSSR count). The van der Waals surface area contributed by atoms with Crippen molar-refractivity contribution >= 4 is 11.9 Å². The first-order valence-electron chi connectivity index (χ1n) is 26.7. The Hall–Kier alpha value is -3.52. The van der Waals surface area contributed by atoms with Gasteiger partial charge in [-0.15, -0.1) is 0 Å². The molecule has 2 saturated heterocycles. The van der Waals surface area contributed by atoms with Crippen LogP contribution in [-0.4, -0.2) is 197 Å². The topological polar surface area (TPSA) is 349 Å². The third-order valence-corrected chi connectivity index (χ3v) is 14.2. The molecule has 2 fully saturated rings. The van der Waals surface area contributed by atoms with E-state index in [9.17, 15) is 65.8 Å². The number of carbonyl (C=O) groups excluding carboxylic acids is 1. The van der Waals surface area contributed by atoms with Crippen molar-refractivity contribution in [2.45, 2.75) is 202 Å². The summed E-state index contributed by atoms with van der Waals surface area (Å²) in [6, 6.07) is -0.837. The Balaban J connectivity index is 1.95. The maximum absolute atomic E-state index is 12.8. The maximum Gasteiger partial charge on any atom is 0.311 e. The van der Waals surface area contributed by atoms with Gasteiger partial charge in [0, 0.05) is 37.5 Å². The first kappa shape index (κ1) is 65.8. The van der Waals surface area contributed by atoms with Gasteiger partial charge in [0.2, 0.25) is 0 Å². The summed E-state index contributed by atoms with van der Waals surface area (Å²) >= 11 is 0. The van der Waals surface area contributed by atoms with Crippen molar-refractivity contribution < 1.29 is 84.7 Å². The molecule has 0 spiro atoms. The SMILES string of the molecule is C[C@@H]1[C@H](O)[C@@H](C)/C=C/C=C/C=C/C=C/C=C/C=C/C=C/[C@H](O[C@@H]2O[C@H](C)[C@@H](O)[C@H](N(CCCCN)CCCCN)[C@@H]2O)C[C@@H]2O[C@](O)(C[C@@H](O)C[C@@H](O)[C@H](O)CC[C@@H](O)C[C@@H](O)CC(=O)O[C@H]1C)C[C@H](O)[C@H]2C(=O)O. The van der Waals surface area contributed by atoms with Crippen LogP contribution >= 0.6 is 0 Å². The van der Waals surface area contributed by atoms with Crippen molar-refractivity contribution in [1.29, 1.82) is 0 Å². The van der Waals surface area contributed by atoms with E-state index in [4.69, 9.17) is 30.4 Å². The summed E-state index contributed by atoms with van der Waals surface area (Å²) < 4.78 is 24.1. The number of carboxylic acid groups (broad SMARTS) is 1. The second-order valence-corrected chi connectivity index (χ2v) is 20.5. The van der Waals surface area contributed by atoms with Gasteiger partial charge < -0.3 is 86.6 Å². The number of rotatable bonds is 12. The number of aliphatic carboxylic acids is 1. The zero-order chi connectivity index (χ0) is 55.7. The van der Waals surface area contributed by atoms with E-state index >= 15 is 0 Å². The van der Waals surface area contributed by atoms with Crippen LogP contribution in [-0.2, 0) is 28.5 Å². The van der Waals surface area contributed by atoms with E-state index in [0.29, 0.717) is 51.9 Å². The predicted octanol–water partition coefficient (Wildman–Crippen LogP) is 1.53. The number of aliphatic hydroxyl groups excluding tert-OH is 9. The number of esters is 1. The van der Waals surface area contributed by atoms with Crippen molar-refractivity contribution in [1.82, 2.24) is 4.90 Å². The lowest BCUT2D eigenvalue weighted by Crippen LogP contribution is -2.64. The van der Waals surface area contributed by atoms with Crippen molar-refractivity contribution in [3.05, 3.63) is 85.1 Å². The molecule has 19 atom stereocenters. The van der Waals surface area contributed by atoms with E-state index in [1.54, 1.807) is 75.5 Å². The number of nitrogens with zero attached hydrogens (tertiary/aromatic N) is 1. The zero-order valence-electron chi connectivity index (χ0n) is 44.3. The average Bonchev–Trinajstić information content (AvgIpc) is 3.33. The average molecular weight is 1070 g/mol. The molecule has 15 N–H and O–H groups in total. The number of ether oxygens (including phenoxy) is 4. The largest absolute Gasteiger partial charge is 0.481 e. The van der Waals surface area contributed by atoms with Crippen LogP contribution in [0.2, 0.25) is 0 Å². The second-order valence-electron chi connectivity index (χ2n) is 20.5. The van der Waals surface area contributed by atoms with Gasteiger partial charge in [0.25, 0.3) is 0 Å². The Morgan fingerprint density at radius 3 is 1.77 bits per heavy atom. The fraction of sp³-hybridized carbons (Fsp3) is 0.709. The molecular formula is C55H91N3O17. The summed E-state index contributed by atoms with van der Waals surface area (Å²) in [6.45, 7) is 8.81. The summed E-state index contributed by atoms with van der Waals surface area (Å²) in [6.07, 6.45) is 6.70. The number of unbranched alkanes of at least 4 members (excludes halogenated alkanes) is 2. The summed E-state index contributed by atoms with van der Waals surface area (Å²) in [5, 5.41) is 122. The van der Waals surface area contributed by atoms with Gasteiger partial charge in [-0.3, -0.25) is 14.5 Å². The van der Waals surface area contributed by atoms with Gasteiger partial charge in [-0.2, -0.15) is 0 Å². The number of cyclic esters (lactones) is 1. The van der Waals surface area contributed by atoms with Crippen molar-refractivity contribution in [2.75, 3.05) is 26.2 Å². The Kier molecular flexibility index (Phi) is 30.1. The molecule has 20 heteroatoms. The number of hydrogen-bond acceptors (Lipinski definition) is 19. The smallest absolute Gasteiger partial charge is 0.311 e. The number of carbonyl (C=O) groups is 2. The lowest BCUT2D eigenvalue weighted by atomic mass is 9.82. The molecule has 75 heavy (non-hydrogen) atoms. The normalized spacial score (nSPS) is 41.1. The van der Waals surface area contributed by atoms with E-state index in [1.165, 1.54) is 0 Å². The summed E-state index contributed by atoms with van der Waals surface area (Å²) in [5.41, 5.74) is 11.6. The van der Waals surface area contributed by atoms with E-state index in [2.05, 4.69) is 0 Å². The van der Waals surface area contributed by atoms with Gasteiger partial charge >= 0.3 is 11.9 Å². The minimum atomic E-state index is -2.34. The highest BCUT2D eigenvalue weighted by Gasteiger charge is 2.51. The highest BCUT2D eigenvalue weighted by atomic mass is 16.7.